The summed E-state index contributed by atoms with van der Waals surface area (Å²) < 4.78 is 1.86. The van der Waals surface area contributed by atoms with Gasteiger partial charge in [0, 0.05) is 17.0 Å². The maximum atomic E-state index is 6.15. The van der Waals surface area contributed by atoms with E-state index in [2.05, 4.69) is 56.3 Å². The SMILES string of the molecule is C=C/C=C(\C=C)c1nc2c(C(C)N)cc(C)cc2c2nncn12.CC(C)C. The second-order valence-corrected chi connectivity index (χ2v) is 7.29. The molecule has 0 aliphatic heterocycles. The van der Waals surface area contributed by atoms with Gasteiger partial charge in [-0.3, -0.25) is 4.40 Å². The highest BCUT2D eigenvalue weighted by Crippen LogP contribution is 2.28. The van der Waals surface area contributed by atoms with Gasteiger partial charge in [-0.05, 0) is 37.0 Å². The van der Waals surface area contributed by atoms with Crippen molar-refractivity contribution in [3.63, 3.8) is 0 Å². The molecule has 2 heterocycles. The van der Waals surface area contributed by atoms with Crippen molar-refractivity contribution in [3.05, 3.63) is 66.8 Å². The molecule has 0 aliphatic rings. The Bertz CT molecular complexity index is 990. The van der Waals surface area contributed by atoms with Gasteiger partial charge in [0.25, 0.3) is 0 Å². The van der Waals surface area contributed by atoms with Gasteiger partial charge in [-0.1, -0.05) is 58.2 Å². The first-order valence-electron chi connectivity index (χ1n) is 9.15. The fraction of sp³-hybridized carbons (Fsp3) is 0.318. The molecule has 0 bridgehead atoms. The summed E-state index contributed by atoms with van der Waals surface area (Å²) in [5.41, 5.74) is 10.7. The van der Waals surface area contributed by atoms with Gasteiger partial charge < -0.3 is 5.73 Å². The van der Waals surface area contributed by atoms with E-state index in [0.717, 1.165) is 45.0 Å². The largest absolute Gasteiger partial charge is 0.324 e. The number of nitrogens with zero attached hydrogens (tertiary/aromatic N) is 4. The highest BCUT2D eigenvalue weighted by molar-refractivity contribution is 5.95. The summed E-state index contributed by atoms with van der Waals surface area (Å²) in [4.78, 5) is 4.84. The van der Waals surface area contributed by atoms with Crippen LogP contribution in [0.4, 0.5) is 0 Å². The third-order valence-electron chi connectivity index (χ3n) is 3.78. The Kier molecular flexibility index (Phi) is 6.64. The molecular formula is C22H29N5. The van der Waals surface area contributed by atoms with Gasteiger partial charge in [0.2, 0.25) is 0 Å². The maximum Gasteiger partial charge on any atom is 0.171 e. The Morgan fingerprint density at radius 3 is 2.41 bits per heavy atom. The molecule has 0 amide bonds. The van der Waals surface area contributed by atoms with Crippen molar-refractivity contribution in [1.82, 2.24) is 19.6 Å². The normalized spacial score (nSPS) is 12.8. The molecule has 1 atom stereocenters. The number of aryl methyl sites for hydroxylation is 1. The Hall–Kier alpha value is -2.79. The Labute approximate surface area is 161 Å². The number of benzene rings is 1. The van der Waals surface area contributed by atoms with Crippen LogP contribution in [0.25, 0.3) is 22.1 Å². The fourth-order valence-electron chi connectivity index (χ4n) is 2.75. The zero-order valence-electron chi connectivity index (χ0n) is 16.9. The summed E-state index contributed by atoms with van der Waals surface area (Å²) in [5.74, 6) is 1.55. The average Bonchev–Trinajstić information content (AvgIpc) is 3.08. The predicted molar refractivity (Wildman–Crippen MR) is 115 cm³/mol. The molecule has 2 aromatic heterocycles. The maximum absolute atomic E-state index is 6.15. The van der Waals surface area contributed by atoms with Crippen LogP contribution >= 0.6 is 0 Å². The predicted octanol–water partition coefficient (Wildman–Crippen LogP) is 5.02. The molecular weight excluding hydrogens is 334 g/mol. The zero-order valence-corrected chi connectivity index (χ0v) is 16.9. The number of fused-ring (bicyclic) bond motifs is 3. The Morgan fingerprint density at radius 2 is 1.85 bits per heavy atom. The number of aromatic nitrogens is 4. The molecule has 3 rings (SSSR count). The monoisotopic (exact) mass is 363 g/mol. The summed E-state index contributed by atoms with van der Waals surface area (Å²) in [6.45, 7) is 18.1. The van der Waals surface area contributed by atoms with E-state index in [1.54, 1.807) is 18.5 Å². The van der Waals surface area contributed by atoms with E-state index in [1.165, 1.54) is 0 Å². The lowest BCUT2D eigenvalue weighted by Crippen LogP contribution is -2.09. The quantitative estimate of drug-likeness (QED) is 0.661. The van der Waals surface area contributed by atoms with Crippen molar-refractivity contribution in [1.29, 1.82) is 0 Å². The summed E-state index contributed by atoms with van der Waals surface area (Å²) >= 11 is 0. The number of hydrogen-bond acceptors (Lipinski definition) is 4. The second-order valence-electron chi connectivity index (χ2n) is 7.29. The number of nitrogens with two attached hydrogens (primary N) is 1. The molecule has 27 heavy (non-hydrogen) atoms. The number of allylic oxidation sites excluding steroid dienone is 4. The molecule has 5 nitrogen and oxygen atoms in total. The first kappa shape index (κ1) is 20.5. The summed E-state index contributed by atoms with van der Waals surface area (Å²) in [6, 6.07) is 4.01. The molecule has 0 saturated heterocycles. The van der Waals surface area contributed by atoms with Gasteiger partial charge >= 0.3 is 0 Å². The van der Waals surface area contributed by atoms with Crippen molar-refractivity contribution in [2.45, 2.75) is 40.7 Å². The molecule has 1 unspecified atom stereocenters. The molecule has 0 aliphatic carbocycles. The first-order chi connectivity index (χ1) is 12.8. The van der Waals surface area contributed by atoms with E-state index >= 15 is 0 Å². The standard InChI is InChI=1S/C18H19N5.C4H10/c1-5-7-13(6-2)17-21-16-14(12(4)19)8-11(3)9-15(16)18-22-20-10-23(17)18;1-4(2)3/h5-10,12H,1-2,19H2,3-4H3;4H,1-3H3/b13-7+;. The molecule has 0 radical (unpaired) electrons. The van der Waals surface area contributed by atoms with Gasteiger partial charge in [0.15, 0.2) is 5.65 Å². The topological polar surface area (TPSA) is 69.1 Å². The van der Waals surface area contributed by atoms with Crippen molar-refractivity contribution >= 4 is 22.1 Å². The lowest BCUT2D eigenvalue weighted by Gasteiger charge is -2.14. The third-order valence-corrected chi connectivity index (χ3v) is 3.78. The highest BCUT2D eigenvalue weighted by Gasteiger charge is 2.16. The summed E-state index contributed by atoms with van der Waals surface area (Å²) in [7, 11) is 0. The minimum absolute atomic E-state index is 0.126. The van der Waals surface area contributed by atoms with Gasteiger partial charge in [-0.2, -0.15) is 0 Å². The summed E-state index contributed by atoms with van der Waals surface area (Å²) in [6.07, 6.45) is 6.97. The van der Waals surface area contributed by atoms with E-state index in [9.17, 15) is 0 Å². The van der Waals surface area contributed by atoms with Crippen molar-refractivity contribution in [2.75, 3.05) is 0 Å². The van der Waals surface area contributed by atoms with Gasteiger partial charge in [-0.15, -0.1) is 10.2 Å². The van der Waals surface area contributed by atoms with Crippen LogP contribution in [0.5, 0.6) is 0 Å². The Balaban J connectivity index is 0.000000596. The summed E-state index contributed by atoms with van der Waals surface area (Å²) in [5, 5.41) is 9.26. The number of rotatable bonds is 4. The minimum Gasteiger partial charge on any atom is -0.324 e. The van der Waals surface area contributed by atoms with Gasteiger partial charge in [0.05, 0.1) is 5.52 Å². The minimum atomic E-state index is -0.126. The number of hydrogen-bond donors (Lipinski definition) is 1. The van der Waals surface area contributed by atoms with Gasteiger partial charge in [-0.25, -0.2) is 4.98 Å². The third kappa shape index (κ3) is 4.49. The van der Waals surface area contributed by atoms with E-state index in [-0.39, 0.29) is 6.04 Å². The molecule has 0 saturated carbocycles. The highest BCUT2D eigenvalue weighted by atomic mass is 15.2. The van der Waals surface area contributed by atoms with Crippen LogP contribution in [0.1, 0.15) is 50.7 Å². The van der Waals surface area contributed by atoms with Crippen molar-refractivity contribution in [2.24, 2.45) is 11.7 Å². The molecule has 3 aromatic rings. The van der Waals surface area contributed by atoms with E-state index in [4.69, 9.17) is 10.7 Å². The molecule has 0 fully saturated rings. The smallest absolute Gasteiger partial charge is 0.171 e. The molecule has 1 aromatic carbocycles. The van der Waals surface area contributed by atoms with Crippen molar-refractivity contribution in [3.8, 4) is 0 Å². The molecule has 142 valence electrons. The average molecular weight is 364 g/mol. The lowest BCUT2D eigenvalue weighted by molar-refractivity contribution is 0.737. The van der Waals surface area contributed by atoms with Crippen LogP contribution in [-0.2, 0) is 0 Å². The molecule has 0 spiro atoms. The molecule has 5 heteroatoms. The lowest BCUT2D eigenvalue weighted by atomic mass is 10.0. The zero-order chi connectivity index (χ0) is 20.1. The van der Waals surface area contributed by atoms with Crippen LogP contribution in [0.2, 0.25) is 0 Å². The Morgan fingerprint density at radius 1 is 1.19 bits per heavy atom. The molecule has 2 N–H and O–H groups in total. The second kappa shape index (κ2) is 8.73. The van der Waals surface area contributed by atoms with E-state index in [1.807, 2.05) is 24.3 Å². The van der Waals surface area contributed by atoms with Crippen LogP contribution in [0, 0.1) is 12.8 Å². The van der Waals surface area contributed by atoms with Crippen LogP contribution in [0.15, 0.2) is 49.8 Å². The van der Waals surface area contributed by atoms with E-state index in [0.29, 0.717) is 0 Å². The van der Waals surface area contributed by atoms with Gasteiger partial charge in [0.1, 0.15) is 12.2 Å². The van der Waals surface area contributed by atoms with Crippen LogP contribution < -0.4 is 5.73 Å². The van der Waals surface area contributed by atoms with E-state index < -0.39 is 0 Å². The van der Waals surface area contributed by atoms with Crippen LogP contribution in [0.3, 0.4) is 0 Å². The van der Waals surface area contributed by atoms with Crippen LogP contribution in [-0.4, -0.2) is 19.6 Å². The first-order valence-corrected chi connectivity index (χ1v) is 9.15. The fourth-order valence-corrected chi connectivity index (χ4v) is 2.75. The van der Waals surface area contributed by atoms with Crippen molar-refractivity contribution < 1.29 is 0 Å².